The summed E-state index contributed by atoms with van der Waals surface area (Å²) in [5.41, 5.74) is 0. The largest absolute Gasteiger partial charge is 0.481 e. The average molecular weight is 605 g/mol. The average Bonchev–Trinajstić information content (AvgIpc) is 3.19. The lowest BCUT2D eigenvalue weighted by atomic mass is 9.85. The van der Waals surface area contributed by atoms with E-state index in [-0.39, 0.29) is 34.4 Å². The highest BCUT2D eigenvalue weighted by Gasteiger charge is 2.47. The molecule has 4 nitrogen and oxygen atoms in total. The van der Waals surface area contributed by atoms with E-state index in [1.54, 1.807) is 12.2 Å². The maximum absolute atomic E-state index is 15.7. The molecule has 0 saturated heterocycles. The van der Waals surface area contributed by atoms with Gasteiger partial charge in [0.15, 0.2) is 16.6 Å². The third kappa shape index (κ3) is 11.6. The molecule has 1 aliphatic carbocycles. The van der Waals surface area contributed by atoms with Crippen LogP contribution in [0.2, 0.25) is 36.3 Å². The molecule has 8 heteroatoms. The van der Waals surface area contributed by atoms with Crippen molar-refractivity contribution in [1.82, 2.24) is 0 Å². The third-order valence-electron chi connectivity index (χ3n) is 9.83. The van der Waals surface area contributed by atoms with Gasteiger partial charge in [-0.05, 0) is 93.0 Å². The number of hydrogen-bond acceptors (Lipinski definition) is 3. The number of allylic oxidation sites excluding steroid dienone is 2. The Labute approximate surface area is 247 Å². The summed E-state index contributed by atoms with van der Waals surface area (Å²) >= 11 is 0. The first-order chi connectivity index (χ1) is 18.2. The van der Waals surface area contributed by atoms with Gasteiger partial charge in [-0.25, -0.2) is 8.78 Å². The predicted octanol–water partition coefficient (Wildman–Crippen LogP) is 10.3. The summed E-state index contributed by atoms with van der Waals surface area (Å²) < 4.78 is 45.0. The second-order valence-electron chi connectivity index (χ2n) is 15.1. The lowest BCUT2D eigenvalue weighted by molar-refractivity contribution is -0.137. The lowest BCUT2D eigenvalue weighted by Gasteiger charge is -2.42. The van der Waals surface area contributed by atoms with Crippen LogP contribution < -0.4 is 0 Å². The minimum absolute atomic E-state index is 0.00307. The number of halogens is 2. The zero-order chi connectivity index (χ0) is 30.9. The molecule has 1 fully saturated rings. The van der Waals surface area contributed by atoms with Gasteiger partial charge in [-0.2, -0.15) is 0 Å². The Hall–Kier alpha value is -0.576. The Kier molecular flexibility index (Phi) is 14.8. The number of aliphatic carboxylic acids is 1. The second-order valence-corrected chi connectivity index (χ2v) is 24.6. The summed E-state index contributed by atoms with van der Waals surface area (Å²) in [6, 6.07) is 0. The van der Waals surface area contributed by atoms with Crippen LogP contribution in [0.5, 0.6) is 0 Å². The molecular formula is C32H62F2O4Si2. The van der Waals surface area contributed by atoms with Gasteiger partial charge in [-0.1, -0.05) is 73.5 Å². The first-order valence-corrected chi connectivity index (χ1v) is 21.6. The summed E-state index contributed by atoms with van der Waals surface area (Å²) in [4.78, 5) is 10.8. The van der Waals surface area contributed by atoms with Gasteiger partial charge in [0.05, 0.1) is 6.10 Å². The molecule has 0 heterocycles. The fraction of sp³-hybridized carbons (Fsp3) is 0.906. The third-order valence-corrected chi connectivity index (χ3v) is 18.8. The van der Waals surface area contributed by atoms with E-state index in [1.165, 1.54) is 0 Å². The Morgan fingerprint density at radius 1 is 0.975 bits per heavy atom. The summed E-state index contributed by atoms with van der Waals surface area (Å²) in [5, 5.41) is 8.90. The molecule has 0 spiro atoms. The van der Waals surface area contributed by atoms with Crippen LogP contribution in [0.1, 0.15) is 113 Å². The summed E-state index contributed by atoms with van der Waals surface area (Å²) in [6.07, 6.45) is 7.00. The van der Waals surface area contributed by atoms with E-state index in [4.69, 9.17) is 14.0 Å². The van der Waals surface area contributed by atoms with Crippen LogP contribution in [0, 0.1) is 11.8 Å². The Morgan fingerprint density at radius 2 is 1.57 bits per heavy atom. The van der Waals surface area contributed by atoms with Crippen molar-refractivity contribution in [1.29, 1.82) is 0 Å². The van der Waals surface area contributed by atoms with Crippen molar-refractivity contribution in [2.45, 2.75) is 173 Å². The fourth-order valence-corrected chi connectivity index (χ4v) is 7.89. The van der Waals surface area contributed by atoms with Gasteiger partial charge in [0.1, 0.15) is 12.3 Å². The van der Waals surface area contributed by atoms with E-state index in [2.05, 4.69) is 74.7 Å². The SMILES string of the molecule is CCCCC(F)[C@H](CC[C@@H]1[C@@H]([C@H](F)C=CCCCC(=O)O)CC[C@H]1O[Si](C)(C)C(C)(C)C)O[Si](C)(C)C(C)(C)C. The van der Waals surface area contributed by atoms with Crippen molar-refractivity contribution in [3.05, 3.63) is 12.2 Å². The summed E-state index contributed by atoms with van der Waals surface area (Å²) in [6.45, 7) is 24.2. The molecule has 0 radical (unpaired) electrons. The minimum Gasteiger partial charge on any atom is -0.481 e. The van der Waals surface area contributed by atoms with Crippen molar-refractivity contribution in [3.63, 3.8) is 0 Å². The van der Waals surface area contributed by atoms with E-state index in [0.29, 0.717) is 32.1 Å². The monoisotopic (exact) mass is 604 g/mol. The van der Waals surface area contributed by atoms with Gasteiger partial charge in [-0.15, -0.1) is 0 Å². The number of unbranched alkanes of at least 4 members (excludes halogenated alkanes) is 2. The predicted molar refractivity (Wildman–Crippen MR) is 170 cm³/mol. The van der Waals surface area contributed by atoms with Crippen LogP contribution in [0.4, 0.5) is 8.78 Å². The molecule has 6 atom stereocenters. The Morgan fingerprint density at radius 3 is 2.10 bits per heavy atom. The number of alkyl halides is 2. The standard InChI is InChI=1S/C32H62F2O4Si2/c1-12-13-17-27(34)29(38-40(10,11)32(5,6)7)23-21-25-24(26(33)18-15-14-16-19-30(35)36)20-22-28(25)37-39(8,9)31(2,3)4/h15,18,24-29H,12-14,16-17,19-23H2,1-11H3,(H,35,36)/t24-,25+,26+,27?,28+,29-/m0/s1. The first kappa shape index (κ1) is 37.4. The van der Waals surface area contributed by atoms with Crippen LogP contribution in [0.25, 0.3) is 0 Å². The molecule has 0 aromatic heterocycles. The molecule has 0 bridgehead atoms. The molecule has 0 aromatic rings. The Balaban J connectivity index is 3.18. The van der Waals surface area contributed by atoms with Crippen molar-refractivity contribution >= 4 is 22.6 Å². The zero-order valence-corrected chi connectivity index (χ0v) is 29.6. The van der Waals surface area contributed by atoms with E-state index < -0.39 is 41.1 Å². The molecule has 1 unspecified atom stereocenters. The van der Waals surface area contributed by atoms with Crippen molar-refractivity contribution in [2.75, 3.05) is 0 Å². The second kappa shape index (κ2) is 15.8. The maximum atomic E-state index is 15.7. The first-order valence-electron chi connectivity index (χ1n) is 15.8. The lowest BCUT2D eigenvalue weighted by Crippen LogP contribution is -2.47. The molecule has 0 aromatic carbocycles. The van der Waals surface area contributed by atoms with Crippen LogP contribution in [-0.2, 0) is 13.6 Å². The number of carboxylic acids is 1. The Bertz CT molecular complexity index is 789. The fourth-order valence-electron chi connectivity index (χ4n) is 5.11. The van der Waals surface area contributed by atoms with Crippen LogP contribution in [0.3, 0.4) is 0 Å². The molecule has 0 aliphatic heterocycles. The molecule has 40 heavy (non-hydrogen) atoms. The van der Waals surface area contributed by atoms with Gasteiger partial charge in [0.25, 0.3) is 0 Å². The molecule has 236 valence electrons. The highest BCUT2D eigenvalue weighted by molar-refractivity contribution is 6.74. The van der Waals surface area contributed by atoms with E-state index in [9.17, 15) is 4.79 Å². The molecule has 1 aliphatic rings. The molecular weight excluding hydrogens is 543 g/mol. The number of carboxylic acid groups (broad SMARTS) is 1. The van der Waals surface area contributed by atoms with Crippen LogP contribution >= 0.6 is 0 Å². The van der Waals surface area contributed by atoms with Crippen molar-refractivity contribution < 1.29 is 27.5 Å². The number of rotatable bonds is 17. The van der Waals surface area contributed by atoms with Crippen LogP contribution in [-0.4, -0.2) is 52.3 Å². The molecule has 1 saturated carbocycles. The molecule has 1 N–H and O–H groups in total. The van der Waals surface area contributed by atoms with Gasteiger partial charge in [0.2, 0.25) is 0 Å². The van der Waals surface area contributed by atoms with Gasteiger partial charge in [-0.3, -0.25) is 4.79 Å². The number of carbonyl (C=O) groups is 1. The van der Waals surface area contributed by atoms with E-state index in [1.807, 2.05) is 0 Å². The normalized spacial score (nSPS) is 23.5. The minimum atomic E-state index is -2.19. The van der Waals surface area contributed by atoms with Crippen LogP contribution in [0.15, 0.2) is 12.2 Å². The number of hydrogen-bond donors (Lipinski definition) is 1. The summed E-state index contributed by atoms with van der Waals surface area (Å²) in [5.74, 6) is -1.02. The zero-order valence-electron chi connectivity index (χ0n) is 27.6. The van der Waals surface area contributed by atoms with Gasteiger partial charge >= 0.3 is 5.97 Å². The van der Waals surface area contributed by atoms with Gasteiger partial charge in [0, 0.05) is 12.5 Å². The summed E-state index contributed by atoms with van der Waals surface area (Å²) in [7, 11) is -4.27. The molecule has 0 amide bonds. The van der Waals surface area contributed by atoms with Crippen molar-refractivity contribution in [3.8, 4) is 0 Å². The smallest absolute Gasteiger partial charge is 0.303 e. The van der Waals surface area contributed by atoms with Gasteiger partial charge < -0.3 is 14.0 Å². The molecule has 1 rings (SSSR count). The van der Waals surface area contributed by atoms with Crippen molar-refractivity contribution in [2.24, 2.45) is 11.8 Å². The van der Waals surface area contributed by atoms with E-state index >= 15 is 8.78 Å². The topological polar surface area (TPSA) is 55.8 Å². The quantitative estimate of drug-likeness (QED) is 0.102. The highest BCUT2D eigenvalue weighted by atomic mass is 28.4. The van der Waals surface area contributed by atoms with E-state index in [0.717, 1.165) is 25.7 Å². The highest BCUT2D eigenvalue weighted by Crippen LogP contribution is 2.46. The maximum Gasteiger partial charge on any atom is 0.303 e.